The van der Waals surface area contributed by atoms with Crippen LogP contribution >= 0.6 is 23.2 Å². The van der Waals surface area contributed by atoms with Crippen LogP contribution in [0.2, 0.25) is 10.0 Å². The van der Waals surface area contributed by atoms with Crippen LogP contribution in [0, 0.1) is 6.92 Å². The van der Waals surface area contributed by atoms with Gasteiger partial charge in [0.15, 0.2) is 11.4 Å². The van der Waals surface area contributed by atoms with E-state index in [4.69, 9.17) is 32.7 Å². The summed E-state index contributed by atoms with van der Waals surface area (Å²) in [6.07, 6.45) is -2.63. The first kappa shape index (κ1) is 58.9. The van der Waals surface area contributed by atoms with E-state index in [2.05, 4.69) is 17.1 Å². The molecule has 0 unspecified atom stereocenters. The number of aromatic amines is 1. The van der Waals surface area contributed by atoms with Crippen LogP contribution in [0.3, 0.4) is 0 Å². The zero-order valence-electron chi connectivity index (χ0n) is 47.2. The number of carbonyl (C=O) groups is 3. The van der Waals surface area contributed by atoms with Crippen molar-refractivity contribution in [3.05, 3.63) is 240 Å². The maximum Gasteiger partial charge on any atom is 0.935 e. The van der Waals surface area contributed by atoms with Crippen LogP contribution in [0.15, 0.2) is 169 Å². The SMILES string of the molecule is Cc1ccc2c3c(ccc(C(=O)N(C=O)c4ccc(CCCC(=O)Oc5cc(Cl)c(/C(=C6\C=C7CCCc8ccccc8C7=[N+]6B(F)F)c6cc7c([nH]6)-c6ccccc6CCC7)c(Cl)c5)cc4)c13)Oc1ccc(-c3cc(C(F)(F)F)cc(C(F)(F)F)c3)cc1-2. The Hall–Kier alpha value is -9.06. The Morgan fingerprint density at radius 2 is 1.34 bits per heavy atom. The second-order valence-electron chi connectivity index (χ2n) is 22.5. The average Bonchev–Trinajstić information content (AvgIpc) is 1.95. The molecule has 3 heterocycles. The molecule has 8 nitrogen and oxygen atoms in total. The minimum absolute atomic E-state index is 0.0381. The number of hydrogen-bond donors (Lipinski definition) is 1. The van der Waals surface area contributed by atoms with E-state index < -0.39 is 42.8 Å². The fraction of sp³-hybridized carbons (Fsp3) is 0.171. The predicted octanol–water partition coefficient (Wildman–Crippen LogP) is 18.6. The van der Waals surface area contributed by atoms with Crippen molar-refractivity contribution in [2.75, 3.05) is 4.90 Å². The van der Waals surface area contributed by atoms with E-state index in [9.17, 15) is 40.7 Å². The summed E-state index contributed by atoms with van der Waals surface area (Å²) in [4.78, 5) is 45.3. The zero-order valence-corrected chi connectivity index (χ0v) is 48.8. The third kappa shape index (κ3) is 11.0. The third-order valence-corrected chi connectivity index (χ3v) is 17.5. The van der Waals surface area contributed by atoms with Crippen molar-refractivity contribution in [1.29, 1.82) is 0 Å². The van der Waals surface area contributed by atoms with Crippen LogP contribution in [0.1, 0.15) is 98.2 Å². The van der Waals surface area contributed by atoms with E-state index >= 15 is 8.63 Å². The van der Waals surface area contributed by atoms with E-state index in [1.54, 1.807) is 49.4 Å². The lowest BCUT2D eigenvalue weighted by atomic mass is 9.88. The van der Waals surface area contributed by atoms with Gasteiger partial charge in [0.25, 0.3) is 5.91 Å². The first-order chi connectivity index (χ1) is 42.7. The molecule has 446 valence electrons. The van der Waals surface area contributed by atoms with Gasteiger partial charge in [0.05, 0.1) is 38.1 Å². The van der Waals surface area contributed by atoms with E-state index in [1.165, 1.54) is 42.0 Å². The highest BCUT2D eigenvalue weighted by molar-refractivity contribution is 6.39. The van der Waals surface area contributed by atoms with Gasteiger partial charge in [-0.3, -0.25) is 14.4 Å². The number of hydrogen-bond acceptors (Lipinski definition) is 5. The Morgan fingerprint density at radius 3 is 2.02 bits per heavy atom. The largest absolute Gasteiger partial charge is 0.935 e. The standard InChI is InChI=1S/C70H48BCl2F8N3O5/c1-38-19-25-52-54-31-42(45-29-46(69(74,75)76)34-47(30-45)70(77,78)79)22-27-59(54)89-60-28-26-53(62(38)63(52)60)68(87)83(37-85)48-23-20-39(21-24-48)9-6-18-61(86)88-49-35-55(72)64(56(73)36-49)65(57-32-43-14-7-12-40-10-2-4-16-50(40)66(43)82-57)58-33-44-15-8-13-41-11-3-5-17-51(41)67(44)84(58)71(80)81/h2-5,10-11,16-17,19-37H,6-9,12-15,18H2,1H3/p+1. The quantitative estimate of drug-likeness (QED) is 0.0433. The number of fused-ring (bicyclic) bond motifs is 8. The Bertz CT molecular complexity index is 4490. The number of anilines is 1. The van der Waals surface area contributed by atoms with E-state index in [0.717, 1.165) is 80.6 Å². The molecule has 0 spiro atoms. The van der Waals surface area contributed by atoms with Crippen molar-refractivity contribution in [1.82, 2.24) is 4.98 Å². The van der Waals surface area contributed by atoms with Crippen molar-refractivity contribution < 1.29 is 63.3 Å². The van der Waals surface area contributed by atoms with Gasteiger partial charge in [-0.2, -0.15) is 26.3 Å². The second-order valence-corrected chi connectivity index (χ2v) is 23.3. The van der Waals surface area contributed by atoms with Crippen LogP contribution < -0.4 is 14.4 Å². The number of alkyl halides is 6. The molecule has 2 aliphatic carbocycles. The summed E-state index contributed by atoms with van der Waals surface area (Å²) in [5.41, 5.74) is 7.89. The maximum atomic E-state index is 15.9. The molecule has 0 bridgehead atoms. The lowest BCUT2D eigenvalue weighted by Gasteiger charge is -2.25. The summed E-state index contributed by atoms with van der Waals surface area (Å²) in [5, 5.41) is 1.01. The first-order valence-corrected chi connectivity index (χ1v) is 29.5. The number of allylic oxidation sites excluding steroid dienone is 2. The summed E-state index contributed by atoms with van der Waals surface area (Å²) in [5.74, 6) is -0.617. The number of ether oxygens (including phenoxy) is 2. The molecule has 8 aromatic carbocycles. The number of aryl methyl sites for hydroxylation is 5. The number of amides is 2. The van der Waals surface area contributed by atoms with Gasteiger partial charge in [0.2, 0.25) is 6.41 Å². The van der Waals surface area contributed by atoms with Crippen molar-refractivity contribution in [2.45, 2.75) is 77.1 Å². The zero-order chi connectivity index (χ0) is 62.2. The van der Waals surface area contributed by atoms with Gasteiger partial charge in [-0.05, 0) is 170 Å². The number of H-pyrrole nitrogens is 1. The summed E-state index contributed by atoms with van der Waals surface area (Å²) in [7, 11) is -2.94. The summed E-state index contributed by atoms with van der Waals surface area (Å²) in [6, 6.07) is 39.5. The molecule has 19 heteroatoms. The fourth-order valence-electron chi connectivity index (χ4n) is 12.8. The van der Waals surface area contributed by atoms with Crippen LogP contribution in [-0.4, -0.2) is 40.9 Å². The molecule has 13 rings (SSSR count). The number of nitrogens with zero attached hydrogens (tertiary/aromatic N) is 2. The van der Waals surface area contributed by atoms with E-state index in [0.29, 0.717) is 88.0 Å². The summed E-state index contributed by atoms with van der Waals surface area (Å²) in [6.45, 7) is 1.75. The van der Waals surface area contributed by atoms with Crippen molar-refractivity contribution in [3.8, 4) is 50.8 Å². The maximum absolute atomic E-state index is 15.9. The molecule has 4 aliphatic rings. The topological polar surface area (TPSA) is 91.7 Å². The highest BCUT2D eigenvalue weighted by Gasteiger charge is 2.48. The molecular formula is C70H49BCl2F8N3O5+. The second kappa shape index (κ2) is 23.1. The number of rotatable bonds is 12. The molecule has 2 amide bonds. The highest BCUT2D eigenvalue weighted by Crippen LogP contribution is 2.51. The van der Waals surface area contributed by atoms with Crippen LogP contribution in [0.4, 0.5) is 40.7 Å². The smallest absolute Gasteiger partial charge is 0.456 e. The normalized spacial score (nSPS) is 14.7. The van der Waals surface area contributed by atoms with Gasteiger partial charge in [0.1, 0.15) is 17.2 Å². The van der Waals surface area contributed by atoms with Crippen LogP contribution in [0.25, 0.3) is 49.9 Å². The van der Waals surface area contributed by atoms with Crippen LogP contribution in [0.5, 0.6) is 17.2 Å². The minimum Gasteiger partial charge on any atom is -0.456 e. The molecule has 1 N–H and O–H groups in total. The number of aromatic nitrogens is 1. The van der Waals surface area contributed by atoms with E-state index in [-0.39, 0.29) is 67.7 Å². The lowest BCUT2D eigenvalue weighted by molar-refractivity contribution is -0.340. The van der Waals surface area contributed by atoms with Gasteiger partial charge in [-0.25, -0.2) is 18.0 Å². The Balaban J connectivity index is 0.731. The molecule has 2 aliphatic heterocycles. The fourth-order valence-corrected chi connectivity index (χ4v) is 13.5. The van der Waals surface area contributed by atoms with Gasteiger partial charge in [-0.1, -0.05) is 96.0 Å². The van der Waals surface area contributed by atoms with Crippen molar-refractivity contribution in [3.63, 3.8) is 0 Å². The third-order valence-electron chi connectivity index (χ3n) is 16.9. The first-order valence-electron chi connectivity index (χ1n) is 28.8. The average molecular weight is 1250 g/mol. The minimum atomic E-state index is -5.06. The Kier molecular flexibility index (Phi) is 15.3. The number of imide groups is 1. The summed E-state index contributed by atoms with van der Waals surface area (Å²) < 4.78 is 128. The molecule has 0 saturated carbocycles. The molecular weight excluding hydrogens is 1200 g/mol. The number of carbonyl (C=O) groups excluding carboxylic acids is 3. The molecule has 0 saturated heterocycles. The number of halogens is 10. The molecule has 1 aromatic heterocycles. The van der Waals surface area contributed by atoms with Gasteiger partial charge >= 0.3 is 25.7 Å². The highest BCUT2D eigenvalue weighted by atomic mass is 35.5. The van der Waals surface area contributed by atoms with Gasteiger partial charge in [-0.15, -0.1) is 0 Å². The lowest BCUT2D eigenvalue weighted by Crippen LogP contribution is -2.29. The number of esters is 1. The molecule has 89 heavy (non-hydrogen) atoms. The monoisotopic (exact) mass is 1240 g/mol. The predicted molar refractivity (Wildman–Crippen MR) is 328 cm³/mol. The number of benzene rings is 8. The molecule has 9 aromatic rings. The van der Waals surface area contributed by atoms with E-state index in [1.807, 2.05) is 48.5 Å². The molecule has 0 atom stereocenters. The number of nitrogens with one attached hydrogen (secondary N) is 1. The van der Waals surface area contributed by atoms with Gasteiger partial charge < -0.3 is 14.5 Å². The van der Waals surface area contributed by atoms with Crippen molar-refractivity contribution in [2.24, 2.45) is 0 Å². The molecule has 0 radical (unpaired) electrons. The van der Waals surface area contributed by atoms with Gasteiger partial charge in [0, 0.05) is 74.5 Å². The molecule has 0 fully saturated rings. The van der Waals surface area contributed by atoms with Crippen LogP contribution in [-0.2, 0) is 47.6 Å². The Labute approximate surface area is 515 Å². The van der Waals surface area contributed by atoms with Crippen molar-refractivity contribution >= 4 is 76.6 Å². The summed E-state index contributed by atoms with van der Waals surface area (Å²) >= 11 is 14.4. The Morgan fingerprint density at radius 1 is 0.685 bits per heavy atom.